The van der Waals surface area contributed by atoms with E-state index in [0.29, 0.717) is 25.0 Å². The van der Waals surface area contributed by atoms with Gasteiger partial charge in [0, 0.05) is 50.6 Å². The van der Waals surface area contributed by atoms with Crippen molar-refractivity contribution >= 4 is 17.5 Å². The number of hydrogen-bond donors (Lipinski definition) is 0. The normalized spacial score (nSPS) is 23.7. The highest BCUT2D eigenvalue weighted by Gasteiger charge is 2.28. The molecule has 2 aliphatic heterocycles. The van der Waals surface area contributed by atoms with E-state index in [-0.39, 0.29) is 6.09 Å². The Morgan fingerprint density at radius 2 is 1.77 bits per heavy atom. The molecule has 0 N–H and O–H groups in total. The molecular weight excluding hydrogens is 326 g/mol. The topological polar surface area (TPSA) is 36.0 Å². The van der Waals surface area contributed by atoms with Gasteiger partial charge >= 0.3 is 6.09 Å². The first kappa shape index (κ1) is 18.9. The Morgan fingerprint density at radius 1 is 1.12 bits per heavy atom. The van der Waals surface area contributed by atoms with Gasteiger partial charge in [0.1, 0.15) is 5.60 Å². The predicted octanol–water partition coefficient (Wildman–Crippen LogP) is 3.76. The lowest BCUT2D eigenvalue weighted by molar-refractivity contribution is 0.0240. The molecule has 1 aromatic carbocycles. The van der Waals surface area contributed by atoms with Crippen LogP contribution in [0.4, 0.5) is 16.2 Å². The highest BCUT2D eigenvalue weighted by molar-refractivity contribution is 5.69. The quantitative estimate of drug-likeness (QED) is 0.765. The third-order valence-electron chi connectivity index (χ3n) is 5.72. The van der Waals surface area contributed by atoms with Crippen LogP contribution in [0.2, 0.25) is 0 Å². The molecule has 2 aliphatic rings. The molecule has 0 spiro atoms. The summed E-state index contributed by atoms with van der Waals surface area (Å²) in [4.78, 5) is 18.8. The number of benzene rings is 1. The molecule has 0 aromatic heterocycles. The molecule has 1 aromatic rings. The molecule has 0 saturated carbocycles. The van der Waals surface area contributed by atoms with Gasteiger partial charge in [0.15, 0.2) is 0 Å². The summed E-state index contributed by atoms with van der Waals surface area (Å²) in [6.45, 7) is 13.5. The smallest absolute Gasteiger partial charge is 0.410 e. The summed E-state index contributed by atoms with van der Waals surface area (Å²) in [5, 5.41) is 0. The number of nitrogens with zero attached hydrogens (tertiary/aromatic N) is 3. The molecule has 3 rings (SSSR count). The second kappa shape index (κ2) is 7.01. The van der Waals surface area contributed by atoms with E-state index < -0.39 is 5.60 Å². The van der Waals surface area contributed by atoms with Crippen molar-refractivity contribution in [2.45, 2.75) is 52.7 Å². The van der Waals surface area contributed by atoms with E-state index in [1.54, 1.807) is 0 Å². The van der Waals surface area contributed by atoms with E-state index in [2.05, 4.69) is 48.9 Å². The lowest BCUT2D eigenvalue weighted by Gasteiger charge is -2.40. The minimum atomic E-state index is -0.438. The van der Waals surface area contributed by atoms with E-state index in [0.717, 1.165) is 19.5 Å². The summed E-state index contributed by atoms with van der Waals surface area (Å²) in [5.74, 6) is 0.659. The predicted molar refractivity (Wildman–Crippen MR) is 107 cm³/mol. The molecule has 0 radical (unpaired) electrons. The van der Waals surface area contributed by atoms with Gasteiger partial charge in [-0.05, 0) is 63.8 Å². The standard InChI is InChI=1S/C21H33N3O2/c1-15-13-17-14-18(7-8-19(17)22(6)16(15)2)23-9-11-24(12-10-23)20(25)26-21(3,4)5/h7-8,14-16H,9-13H2,1-6H3/t15?,16-/m0/s1. The number of fused-ring (bicyclic) bond motifs is 1. The largest absolute Gasteiger partial charge is 0.444 e. The van der Waals surface area contributed by atoms with Crippen LogP contribution in [0.5, 0.6) is 0 Å². The van der Waals surface area contributed by atoms with Crippen molar-refractivity contribution in [3.63, 3.8) is 0 Å². The third-order valence-corrected chi connectivity index (χ3v) is 5.72. The van der Waals surface area contributed by atoms with E-state index >= 15 is 0 Å². The number of carbonyl (C=O) groups excluding carboxylic acids is 1. The van der Waals surface area contributed by atoms with Crippen molar-refractivity contribution in [2.75, 3.05) is 43.0 Å². The zero-order valence-corrected chi connectivity index (χ0v) is 17.1. The van der Waals surface area contributed by atoms with Crippen molar-refractivity contribution in [1.29, 1.82) is 0 Å². The molecular formula is C21H33N3O2. The SMILES string of the molecule is CC1Cc2cc(N3CCN(C(=O)OC(C)(C)C)CC3)ccc2N(C)[C@H]1C. The summed E-state index contributed by atoms with van der Waals surface area (Å²) < 4.78 is 5.49. The summed E-state index contributed by atoms with van der Waals surface area (Å²) in [7, 11) is 2.19. The molecule has 1 amide bonds. The number of anilines is 2. The number of amides is 1. The minimum absolute atomic E-state index is 0.202. The molecule has 0 bridgehead atoms. The highest BCUT2D eigenvalue weighted by Crippen LogP contribution is 2.35. The molecule has 1 unspecified atom stereocenters. The van der Waals surface area contributed by atoms with E-state index in [9.17, 15) is 4.79 Å². The summed E-state index contributed by atoms with van der Waals surface area (Å²) >= 11 is 0. The van der Waals surface area contributed by atoms with Crippen molar-refractivity contribution < 1.29 is 9.53 Å². The van der Waals surface area contributed by atoms with Crippen LogP contribution in [0.1, 0.15) is 40.2 Å². The number of ether oxygens (including phenoxy) is 1. The van der Waals surface area contributed by atoms with Crippen molar-refractivity contribution in [3.05, 3.63) is 23.8 Å². The first-order valence-electron chi connectivity index (χ1n) is 9.74. The molecule has 144 valence electrons. The minimum Gasteiger partial charge on any atom is -0.444 e. The van der Waals surface area contributed by atoms with Crippen LogP contribution in [0.3, 0.4) is 0 Å². The molecule has 26 heavy (non-hydrogen) atoms. The van der Waals surface area contributed by atoms with Crippen LogP contribution >= 0.6 is 0 Å². The zero-order chi connectivity index (χ0) is 19.1. The number of piperazine rings is 1. The van der Waals surface area contributed by atoms with E-state index in [1.165, 1.54) is 16.9 Å². The maximum Gasteiger partial charge on any atom is 0.410 e. The van der Waals surface area contributed by atoms with Crippen LogP contribution < -0.4 is 9.80 Å². The van der Waals surface area contributed by atoms with Gasteiger partial charge < -0.3 is 19.4 Å². The average molecular weight is 360 g/mol. The summed E-state index contributed by atoms with van der Waals surface area (Å²) in [6.07, 6.45) is 0.930. The van der Waals surface area contributed by atoms with Crippen LogP contribution in [0, 0.1) is 5.92 Å². The first-order chi connectivity index (χ1) is 12.2. The molecule has 5 nitrogen and oxygen atoms in total. The van der Waals surface area contributed by atoms with Crippen molar-refractivity contribution in [2.24, 2.45) is 5.92 Å². The molecule has 1 saturated heterocycles. The molecule has 2 heterocycles. The number of carbonyl (C=O) groups is 1. The van der Waals surface area contributed by atoms with Gasteiger partial charge in [-0.1, -0.05) is 6.92 Å². The molecule has 5 heteroatoms. The Balaban J connectivity index is 1.65. The Hall–Kier alpha value is -1.91. The summed E-state index contributed by atoms with van der Waals surface area (Å²) in [6, 6.07) is 7.40. The lowest BCUT2D eigenvalue weighted by Crippen LogP contribution is -2.50. The van der Waals surface area contributed by atoms with Gasteiger partial charge in [0.25, 0.3) is 0 Å². The number of hydrogen-bond acceptors (Lipinski definition) is 4. The molecule has 0 aliphatic carbocycles. The van der Waals surface area contributed by atoms with Gasteiger partial charge in [0.05, 0.1) is 0 Å². The van der Waals surface area contributed by atoms with Crippen LogP contribution in [-0.4, -0.2) is 55.9 Å². The van der Waals surface area contributed by atoms with E-state index in [1.807, 2.05) is 25.7 Å². The Kier molecular flexibility index (Phi) is 5.09. The lowest BCUT2D eigenvalue weighted by atomic mass is 9.88. The summed E-state index contributed by atoms with van der Waals surface area (Å²) in [5.41, 5.74) is 3.62. The van der Waals surface area contributed by atoms with Crippen molar-refractivity contribution in [1.82, 2.24) is 4.90 Å². The van der Waals surface area contributed by atoms with Crippen LogP contribution in [0.15, 0.2) is 18.2 Å². The second-order valence-electron chi connectivity index (χ2n) is 8.80. The van der Waals surface area contributed by atoms with Gasteiger partial charge in [0.2, 0.25) is 0 Å². The maximum absolute atomic E-state index is 12.2. The average Bonchev–Trinajstić information content (AvgIpc) is 2.58. The monoisotopic (exact) mass is 359 g/mol. The van der Waals surface area contributed by atoms with Crippen LogP contribution in [-0.2, 0) is 11.2 Å². The first-order valence-corrected chi connectivity index (χ1v) is 9.74. The number of rotatable bonds is 1. The Bertz CT molecular complexity index is 660. The molecule has 1 fully saturated rings. The van der Waals surface area contributed by atoms with Gasteiger partial charge in [-0.25, -0.2) is 4.79 Å². The maximum atomic E-state index is 12.2. The van der Waals surface area contributed by atoms with Crippen molar-refractivity contribution in [3.8, 4) is 0 Å². The third kappa shape index (κ3) is 3.92. The fraction of sp³-hybridized carbons (Fsp3) is 0.667. The highest BCUT2D eigenvalue weighted by atomic mass is 16.6. The molecule has 2 atom stereocenters. The Labute approximate surface area is 157 Å². The van der Waals surface area contributed by atoms with Gasteiger partial charge in [-0.3, -0.25) is 0 Å². The zero-order valence-electron chi connectivity index (χ0n) is 17.1. The van der Waals surface area contributed by atoms with Gasteiger partial charge in [-0.2, -0.15) is 0 Å². The fourth-order valence-corrected chi connectivity index (χ4v) is 3.87. The van der Waals surface area contributed by atoms with Crippen LogP contribution in [0.25, 0.3) is 0 Å². The van der Waals surface area contributed by atoms with E-state index in [4.69, 9.17) is 4.74 Å². The Morgan fingerprint density at radius 3 is 2.38 bits per heavy atom. The fourth-order valence-electron chi connectivity index (χ4n) is 3.87. The second-order valence-corrected chi connectivity index (χ2v) is 8.80. The van der Waals surface area contributed by atoms with Gasteiger partial charge in [-0.15, -0.1) is 0 Å².